The van der Waals surface area contributed by atoms with Crippen molar-refractivity contribution in [1.82, 2.24) is 9.97 Å². The number of aryl methyl sites for hydroxylation is 1. The number of hydrogen-bond acceptors (Lipinski definition) is 4. The Bertz CT molecular complexity index is 1210. The van der Waals surface area contributed by atoms with Gasteiger partial charge in [-0.15, -0.1) is 0 Å². The minimum atomic E-state index is 0.205. The zero-order chi connectivity index (χ0) is 21.2. The lowest BCUT2D eigenvalue weighted by molar-refractivity contribution is 0.477. The van der Waals surface area contributed by atoms with Gasteiger partial charge in [0.1, 0.15) is 11.6 Å². The zero-order valence-corrected chi connectivity index (χ0v) is 17.8. The summed E-state index contributed by atoms with van der Waals surface area (Å²) in [6.07, 6.45) is 4.69. The first-order valence-electron chi connectivity index (χ1n) is 11.1. The lowest BCUT2D eigenvalue weighted by atomic mass is 10.0. The van der Waals surface area contributed by atoms with Crippen LogP contribution in [0, 0.1) is 6.92 Å². The molecule has 0 radical (unpaired) electrons. The molecule has 4 aromatic rings. The van der Waals surface area contributed by atoms with Gasteiger partial charge in [0, 0.05) is 11.9 Å². The van der Waals surface area contributed by atoms with Gasteiger partial charge < -0.3 is 10.0 Å². The van der Waals surface area contributed by atoms with Crippen LogP contribution in [0.25, 0.3) is 22.3 Å². The quantitative estimate of drug-likeness (QED) is 0.423. The highest BCUT2D eigenvalue weighted by Gasteiger charge is 2.26. The van der Waals surface area contributed by atoms with Gasteiger partial charge in [-0.2, -0.15) is 0 Å². The van der Waals surface area contributed by atoms with Gasteiger partial charge in [-0.1, -0.05) is 61.4 Å². The first-order chi connectivity index (χ1) is 15.2. The van der Waals surface area contributed by atoms with E-state index in [2.05, 4.69) is 60.4 Å². The Balaban J connectivity index is 1.72. The second-order valence-corrected chi connectivity index (χ2v) is 8.38. The predicted molar refractivity (Wildman–Crippen MR) is 126 cm³/mol. The molecule has 1 aromatic heterocycles. The number of rotatable bonds is 3. The van der Waals surface area contributed by atoms with Crippen LogP contribution in [0.3, 0.4) is 0 Å². The zero-order valence-electron chi connectivity index (χ0n) is 17.8. The van der Waals surface area contributed by atoms with Crippen LogP contribution in [-0.4, -0.2) is 21.6 Å². The molecular formula is C27H27N3O. The van der Waals surface area contributed by atoms with Gasteiger partial charge in [-0.05, 0) is 55.2 Å². The topological polar surface area (TPSA) is 49.2 Å². The van der Waals surface area contributed by atoms with Crippen molar-refractivity contribution in [2.45, 2.75) is 38.6 Å². The number of anilines is 1. The number of hydrogen-bond donors (Lipinski definition) is 1. The van der Waals surface area contributed by atoms with Gasteiger partial charge in [-0.3, -0.25) is 0 Å². The van der Waals surface area contributed by atoms with Crippen molar-refractivity contribution in [2.75, 3.05) is 11.4 Å². The minimum absolute atomic E-state index is 0.205. The van der Waals surface area contributed by atoms with E-state index in [1.54, 1.807) is 6.07 Å². The van der Waals surface area contributed by atoms with Crippen LogP contribution < -0.4 is 4.90 Å². The highest BCUT2D eigenvalue weighted by molar-refractivity contribution is 5.92. The number of phenols is 1. The molecule has 1 aliphatic rings. The highest BCUT2D eigenvalue weighted by atomic mass is 16.3. The fourth-order valence-corrected chi connectivity index (χ4v) is 4.61. The van der Waals surface area contributed by atoms with Crippen LogP contribution in [0.15, 0.2) is 72.8 Å². The largest absolute Gasteiger partial charge is 0.507 e. The summed E-state index contributed by atoms with van der Waals surface area (Å²) >= 11 is 0. The van der Waals surface area contributed by atoms with Crippen molar-refractivity contribution < 1.29 is 5.11 Å². The number of nitrogens with zero attached hydrogens (tertiary/aromatic N) is 3. The minimum Gasteiger partial charge on any atom is -0.507 e. The van der Waals surface area contributed by atoms with E-state index in [0.717, 1.165) is 41.7 Å². The lowest BCUT2D eigenvalue weighted by Gasteiger charge is -2.32. The third-order valence-electron chi connectivity index (χ3n) is 6.19. The molecule has 2 heterocycles. The summed E-state index contributed by atoms with van der Waals surface area (Å²) in [6.45, 7) is 3.04. The molecule has 0 spiro atoms. The Morgan fingerprint density at radius 3 is 2.52 bits per heavy atom. The fraction of sp³-hybridized carbons (Fsp3) is 0.259. The fourth-order valence-electron chi connectivity index (χ4n) is 4.61. The van der Waals surface area contributed by atoms with Gasteiger partial charge in [0.2, 0.25) is 0 Å². The monoisotopic (exact) mass is 409 g/mol. The number of aromatic nitrogens is 2. The van der Waals surface area contributed by atoms with Crippen LogP contribution >= 0.6 is 0 Å². The van der Waals surface area contributed by atoms with Crippen molar-refractivity contribution in [1.29, 1.82) is 0 Å². The smallest absolute Gasteiger partial charge is 0.165 e. The molecule has 1 unspecified atom stereocenters. The van der Waals surface area contributed by atoms with Crippen LogP contribution in [0.2, 0.25) is 0 Å². The number of aromatic hydroxyl groups is 1. The Labute approximate surface area is 183 Å². The molecule has 156 valence electrons. The van der Waals surface area contributed by atoms with E-state index < -0.39 is 0 Å². The SMILES string of the molecule is Cc1ccc2c(N3CCCCCC3c3ccccc3)nc(-c3ccccc3O)nc2c1. The van der Waals surface area contributed by atoms with E-state index in [4.69, 9.17) is 9.97 Å². The number of benzene rings is 3. The third kappa shape index (κ3) is 3.86. The summed E-state index contributed by atoms with van der Waals surface area (Å²) in [5, 5.41) is 11.5. The van der Waals surface area contributed by atoms with E-state index in [1.165, 1.54) is 18.4 Å². The Kier molecular flexibility index (Phi) is 5.29. The predicted octanol–water partition coefficient (Wildman–Crippen LogP) is 6.43. The summed E-state index contributed by atoms with van der Waals surface area (Å²) in [5.74, 6) is 1.73. The average Bonchev–Trinajstić information content (AvgIpc) is 3.05. The molecule has 3 aromatic carbocycles. The lowest BCUT2D eigenvalue weighted by Crippen LogP contribution is -2.29. The van der Waals surface area contributed by atoms with Crippen LogP contribution in [0.4, 0.5) is 5.82 Å². The van der Waals surface area contributed by atoms with Crippen LogP contribution in [-0.2, 0) is 0 Å². The third-order valence-corrected chi connectivity index (χ3v) is 6.19. The molecule has 4 heteroatoms. The van der Waals surface area contributed by atoms with E-state index in [-0.39, 0.29) is 11.8 Å². The van der Waals surface area contributed by atoms with Crippen molar-refractivity contribution >= 4 is 16.7 Å². The second-order valence-electron chi connectivity index (χ2n) is 8.38. The summed E-state index contributed by atoms with van der Waals surface area (Å²) in [4.78, 5) is 12.4. The van der Waals surface area contributed by atoms with E-state index in [0.29, 0.717) is 11.4 Å². The number of phenolic OH excluding ortho intramolecular Hbond substituents is 1. The van der Waals surface area contributed by atoms with E-state index in [9.17, 15) is 5.11 Å². The standard InChI is InChI=1S/C27H27N3O/c1-19-15-16-21-23(18-19)28-26(22-12-7-8-14-25(22)31)29-27(21)30-17-9-3-6-13-24(30)20-10-4-2-5-11-20/h2,4-5,7-8,10-12,14-16,18,24,31H,3,6,9,13,17H2,1H3. The van der Waals surface area contributed by atoms with Crippen molar-refractivity contribution in [3.8, 4) is 17.1 Å². The molecule has 4 nitrogen and oxygen atoms in total. The average molecular weight is 410 g/mol. The summed E-state index contributed by atoms with van der Waals surface area (Å²) in [7, 11) is 0. The Morgan fingerprint density at radius 1 is 0.871 bits per heavy atom. The van der Waals surface area contributed by atoms with Crippen molar-refractivity contribution in [3.05, 3.63) is 83.9 Å². The summed E-state index contributed by atoms with van der Waals surface area (Å²) in [5.41, 5.74) is 4.07. The van der Waals surface area contributed by atoms with Crippen molar-refractivity contribution in [3.63, 3.8) is 0 Å². The molecular weight excluding hydrogens is 382 g/mol. The first-order valence-corrected chi connectivity index (χ1v) is 11.1. The molecule has 0 bridgehead atoms. The Morgan fingerprint density at radius 2 is 1.68 bits per heavy atom. The maximum Gasteiger partial charge on any atom is 0.165 e. The van der Waals surface area contributed by atoms with Crippen LogP contribution in [0.5, 0.6) is 5.75 Å². The number of fused-ring (bicyclic) bond motifs is 1. The molecule has 31 heavy (non-hydrogen) atoms. The molecule has 1 N–H and O–H groups in total. The normalized spacial score (nSPS) is 16.9. The van der Waals surface area contributed by atoms with Gasteiger partial charge in [0.15, 0.2) is 5.82 Å². The number of para-hydroxylation sites is 1. The van der Waals surface area contributed by atoms with Crippen LogP contribution in [0.1, 0.15) is 42.9 Å². The van der Waals surface area contributed by atoms with Gasteiger partial charge in [0.05, 0.1) is 17.1 Å². The molecule has 1 fully saturated rings. The maximum atomic E-state index is 10.5. The molecule has 1 atom stereocenters. The molecule has 5 rings (SSSR count). The molecule has 1 aliphatic heterocycles. The molecule has 0 saturated carbocycles. The van der Waals surface area contributed by atoms with E-state index >= 15 is 0 Å². The highest BCUT2D eigenvalue weighted by Crippen LogP contribution is 2.38. The van der Waals surface area contributed by atoms with E-state index in [1.807, 2.05) is 18.2 Å². The van der Waals surface area contributed by atoms with Gasteiger partial charge in [0.25, 0.3) is 0 Å². The van der Waals surface area contributed by atoms with Gasteiger partial charge in [-0.25, -0.2) is 9.97 Å². The Hall–Kier alpha value is -3.40. The van der Waals surface area contributed by atoms with Gasteiger partial charge >= 0.3 is 0 Å². The first kappa shape index (κ1) is 19.6. The van der Waals surface area contributed by atoms with Crippen molar-refractivity contribution in [2.24, 2.45) is 0 Å². The molecule has 0 amide bonds. The molecule has 1 saturated heterocycles. The summed E-state index contributed by atoms with van der Waals surface area (Å²) < 4.78 is 0. The summed E-state index contributed by atoms with van der Waals surface area (Å²) in [6, 6.07) is 24.7. The second kappa shape index (κ2) is 8.38. The maximum absolute atomic E-state index is 10.5. The molecule has 0 aliphatic carbocycles.